The van der Waals surface area contributed by atoms with Crippen LogP contribution in [0.3, 0.4) is 0 Å². The lowest BCUT2D eigenvalue weighted by molar-refractivity contribution is -0.137. The van der Waals surface area contributed by atoms with Crippen molar-refractivity contribution in [1.82, 2.24) is 10.2 Å². The third kappa shape index (κ3) is 5.52. The number of carbonyl (C=O) groups excluding carboxylic acids is 2. The Balaban J connectivity index is 1.65. The summed E-state index contributed by atoms with van der Waals surface area (Å²) in [6.45, 7) is 1.61. The Kier molecular flexibility index (Phi) is 6.64. The molecule has 30 heavy (non-hydrogen) atoms. The molecule has 0 heterocycles. The Hall–Kier alpha value is -3.03. The Morgan fingerprint density at radius 3 is 2.30 bits per heavy atom. The maximum absolute atomic E-state index is 13.1. The highest BCUT2D eigenvalue weighted by Gasteiger charge is 2.35. The molecular weight excluding hydrogens is 395 g/mol. The highest BCUT2D eigenvalue weighted by molar-refractivity contribution is 5.95. The summed E-state index contributed by atoms with van der Waals surface area (Å²) in [7, 11) is 0. The fraction of sp³-hybridized carbons (Fsp3) is 0.364. The third-order valence-electron chi connectivity index (χ3n) is 5.04. The van der Waals surface area contributed by atoms with E-state index in [9.17, 15) is 22.8 Å². The monoisotopic (exact) mass is 419 g/mol. The average molecular weight is 419 g/mol. The molecule has 0 unspecified atom stereocenters. The number of carbonyl (C=O) groups is 2. The van der Waals surface area contributed by atoms with Gasteiger partial charge in [0.1, 0.15) is 6.54 Å². The molecule has 0 bridgehead atoms. The number of urea groups is 1. The summed E-state index contributed by atoms with van der Waals surface area (Å²) in [5.41, 5.74) is -0.261. The zero-order valence-corrected chi connectivity index (χ0v) is 16.6. The molecule has 8 heteroatoms. The lowest BCUT2D eigenvalue weighted by Crippen LogP contribution is -2.45. The van der Waals surface area contributed by atoms with Gasteiger partial charge in [0.25, 0.3) is 0 Å². The number of nitrogens with one attached hydrogen (secondary N) is 2. The number of likely N-dealkylation sites (N-methyl/N-ethyl adjacent to an activating group) is 1. The van der Waals surface area contributed by atoms with Gasteiger partial charge in [-0.25, -0.2) is 4.79 Å². The fourth-order valence-corrected chi connectivity index (χ4v) is 3.32. The maximum atomic E-state index is 13.1. The SMILES string of the molecule is CCN(CC(=O)Nc1ccccc1C(F)(F)F)C(=O)N[C@@H](c1ccccc1)C1CC1. The minimum absolute atomic E-state index is 0.151. The van der Waals surface area contributed by atoms with Crippen LogP contribution in [0, 0.1) is 5.92 Å². The van der Waals surface area contributed by atoms with Gasteiger partial charge in [0.05, 0.1) is 17.3 Å². The number of rotatable bonds is 7. The van der Waals surface area contributed by atoms with Crippen molar-refractivity contribution in [3.8, 4) is 0 Å². The molecule has 1 fully saturated rings. The summed E-state index contributed by atoms with van der Waals surface area (Å²) in [4.78, 5) is 26.4. The van der Waals surface area contributed by atoms with Crippen LogP contribution in [0.15, 0.2) is 54.6 Å². The van der Waals surface area contributed by atoms with Crippen molar-refractivity contribution in [2.24, 2.45) is 5.92 Å². The van der Waals surface area contributed by atoms with Crippen LogP contribution in [0.2, 0.25) is 0 Å². The summed E-state index contributed by atoms with van der Waals surface area (Å²) in [6, 6.07) is 13.8. The van der Waals surface area contributed by atoms with Gasteiger partial charge in [-0.1, -0.05) is 42.5 Å². The number of alkyl halides is 3. The number of para-hydroxylation sites is 1. The van der Waals surface area contributed by atoms with Crippen molar-refractivity contribution in [3.63, 3.8) is 0 Å². The first kappa shape index (κ1) is 21.7. The number of nitrogens with zero attached hydrogens (tertiary/aromatic N) is 1. The van der Waals surface area contributed by atoms with Crippen LogP contribution in [0.25, 0.3) is 0 Å². The molecule has 0 aliphatic heterocycles. The molecule has 1 atom stereocenters. The van der Waals surface area contributed by atoms with Crippen molar-refractivity contribution in [2.45, 2.75) is 32.0 Å². The average Bonchev–Trinajstić information content (AvgIpc) is 3.55. The second-order valence-electron chi connectivity index (χ2n) is 7.28. The van der Waals surface area contributed by atoms with Gasteiger partial charge in [0.2, 0.25) is 5.91 Å². The van der Waals surface area contributed by atoms with Crippen molar-refractivity contribution >= 4 is 17.6 Å². The number of halogens is 3. The lowest BCUT2D eigenvalue weighted by Gasteiger charge is -2.26. The van der Waals surface area contributed by atoms with Crippen LogP contribution in [0.4, 0.5) is 23.7 Å². The van der Waals surface area contributed by atoms with Gasteiger partial charge in [0, 0.05) is 6.54 Å². The van der Waals surface area contributed by atoms with Crippen molar-refractivity contribution < 1.29 is 22.8 Å². The van der Waals surface area contributed by atoms with E-state index in [1.54, 1.807) is 6.92 Å². The van der Waals surface area contributed by atoms with E-state index in [2.05, 4.69) is 10.6 Å². The summed E-state index contributed by atoms with van der Waals surface area (Å²) in [5.74, 6) is -0.339. The topological polar surface area (TPSA) is 61.4 Å². The first-order valence-electron chi connectivity index (χ1n) is 9.86. The predicted octanol–water partition coefficient (Wildman–Crippen LogP) is 4.83. The maximum Gasteiger partial charge on any atom is 0.418 e. The van der Waals surface area contributed by atoms with E-state index in [4.69, 9.17) is 0 Å². The molecule has 2 aromatic rings. The number of anilines is 1. The van der Waals surface area contributed by atoms with Gasteiger partial charge in [-0.3, -0.25) is 4.79 Å². The number of benzene rings is 2. The Morgan fingerprint density at radius 2 is 1.70 bits per heavy atom. The molecular formula is C22H24F3N3O2. The van der Waals surface area contributed by atoms with Crippen molar-refractivity contribution in [2.75, 3.05) is 18.4 Å². The van der Waals surface area contributed by atoms with E-state index in [1.165, 1.54) is 23.1 Å². The van der Waals surface area contributed by atoms with Gasteiger partial charge in [-0.15, -0.1) is 0 Å². The van der Waals surface area contributed by atoms with E-state index in [0.717, 1.165) is 24.5 Å². The molecule has 0 spiro atoms. The summed E-state index contributed by atoms with van der Waals surface area (Å²) in [6.07, 6.45) is -2.56. The van der Waals surface area contributed by atoms with Crippen molar-refractivity contribution in [3.05, 3.63) is 65.7 Å². The number of hydrogen-bond acceptors (Lipinski definition) is 2. The predicted molar refractivity (Wildman–Crippen MR) is 108 cm³/mol. The highest BCUT2D eigenvalue weighted by atomic mass is 19.4. The molecule has 2 N–H and O–H groups in total. The molecule has 160 valence electrons. The quantitative estimate of drug-likeness (QED) is 0.676. The molecule has 0 radical (unpaired) electrons. The highest BCUT2D eigenvalue weighted by Crippen LogP contribution is 2.41. The van der Waals surface area contributed by atoms with Gasteiger partial charge >= 0.3 is 12.2 Å². The smallest absolute Gasteiger partial charge is 0.331 e. The second kappa shape index (κ2) is 9.19. The third-order valence-corrected chi connectivity index (χ3v) is 5.04. The Labute approximate surface area is 173 Å². The van der Waals surface area contributed by atoms with Gasteiger partial charge in [0.15, 0.2) is 0 Å². The second-order valence-corrected chi connectivity index (χ2v) is 7.28. The minimum Gasteiger partial charge on any atom is -0.331 e. The van der Waals surface area contributed by atoms with Crippen molar-refractivity contribution in [1.29, 1.82) is 0 Å². The van der Waals surface area contributed by atoms with Gasteiger partial charge in [-0.2, -0.15) is 13.2 Å². The van der Waals surface area contributed by atoms with Crippen LogP contribution in [-0.4, -0.2) is 29.9 Å². The molecule has 3 amide bonds. The number of hydrogen-bond donors (Lipinski definition) is 2. The normalized spacial score (nSPS) is 14.7. The van der Waals surface area contributed by atoms with Crippen LogP contribution in [-0.2, 0) is 11.0 Å². The van der Waals surface area contributed by atoms with E-state index in [1.807, 2.05) is 30.3 Å². The van der Waals surface area contributed by atoms with Crippen LogP contribution >= 0.6 is 0 Å². The van der Waals surface area contributed by atoms with E-state index >= 15 is 0 Å². The molecule has 5 nitrogen and oxygen atoms in total. The Morgan fingerprint density at radius 1 is 1.07 bits per heavy atom. The zero-order chi connectivity index (χ0) is 21.7. The van der Waals surface area contributed by atoms with Gasteiger partial charge in [-0.05, 0) is 43.4 Å². The van der Waals surface area contributed by atoms with Crippen LogP contribution < -0.4 is 10.6 Å². The lowest BCUT2D eigenvalue weighted by atomic mass is 10.0. The van der Waals surface area contributed by atoms with Crippen LogP contribution in [0.1, 0.15) is 36.9 Å². The molecule has 0 aromatic heterocycles. The standard InChI is InChI=1S/C22H24F3N3O2/c1-2-28(14-19(29)26-18-11-7-6-10-17(18)22(23,24)25)21(30)27-20(16-12-13-16)15-8-4-3-5-9-15/h3-11,16,20H,2,12-14H2,1H3,(H,26,29)(H,27,30)/t20-/m0/s1. The molecule has 0 saturated heterocycles. The molecule has 1 saturated carbocycles. The molecule has 1 aliphatic rings. The minimum atomic E-state index is -4.58. The molecule has 2 aromatic carbocycles. The first-order chi connectivity index (χ1) is 14.3. The molecule has 1 aliphatic carbocycles. The largest absolute Gasteiger partial charge is 0.418 e. The molecule has 3 rings (SSSR count). The zero-order valence-electron chi connectivity index (χ0n) is 16.6. The summed E-state index contributed by atoms with van der Waals surface area (Å²) >= 11 is 0. The summed E-state index contributed by atoms with van der Waals surface area (Å²) in [5, 5.41) is 5.25. The van der Waals surface area contributed by atoms with Crippen LogP contribution in [0.5, 0.6) is 0 Å². The van der Waals surface area contributed by atoms with E-state index in [-0.39, 0.29) is 24.8 Å². The van der Waals surface area contributed by atoms with Gasteiger partial charge < -0.3 is 15.5 Å². The number of amides is 3. The first-order valence-corrected chi connectivity index (χ1v) is 9.86. The van der Waals surface area contributed by atoms with E-state index < -0.39 is 23.7 Å². The fourth-order valence-electron chi connectivity index (χ4n) is 3.32. The summed E-state index contributed by atoms with van der Waals surface area (Å²) < 4.78 is 39.3. The Bertz CT molecular complexity index is 883. The van der Waals surface area contributed by atoms with E-state index in [0.29, 0.717) is 5.92 Å².